The first-order valence-corrected chi connectivity index (χ1v) is 7.00. The lowest BCUT2D eigenvalue weighted by Gasteiger charge is -2.30. The Morgan fingerprint density at radius 2 is 1.85 bits per heavy atom. The zero-order chi connectivity index (χ0) is 14.5. The summed E-state index contributed by atoms with van der Waals surface area (Å²) in [5.74, 6) is 0. The predicted octanol–water partition coefficient (Wildman–Crippen LogP) is 4.63. The molecule has 0 spiro atoms. The highest BCUT2D eigenvalue weighted by atomic mass is 35.5. The molecule has 2 aromatic carbocycles. The van der Waals surface area contributed by atoms with E-state index in [0.717, 1.165) is 12.2 Å². The summed E-state index contributed by atoms with van der Waals surface area (Å²) >= 11 is 5.97. The number of hydrogen-bond acceptors (Lipinski definition) is 2. The van der Waals surface area contributed by atoms with E-state index in [1.165, 1.54) is 5.56 Å². The third-order valence-corrected chi connectivity index (χ3v) is 3.44. The molecule has 0 bridgehead atoms. The first kappa shape index (κ1) is 14.4. The van der Waals surface area contributed by atoms with Gasteiger partial charge in [0.25, 0.3) is 0 Å². The highest BCUT2D eigenvalue weighted by molar-refractivity contribution is 6.30. The van der Waals surface area contributed by atoms with E-state index in [2.05, 4.69) is 36.9 Å². The second-order valence-corrected chi connectivity index (χ2v) is 5.42. The minimum absolute atomic E-state index is 0.295. The first-order chi connectivity index (χ1) is 9.61. The Hall–Kier alpha value is -1.98. The van der Waals surface area contributed by atoms with Gasteiger partial charge in [0.2, 0.25) is 0 Å². The van der Waals surface area contributed by atoms with E-state index < -0.39 is 0 Å². The summed E-state index contributed by atoms with van der Waals surface area (Å²) in [6.07, 6.45) is 0. The molecule has 2 rings (SSSR count). The van der Waals surface area contributed by atoms with Crippen LogP contribution in [0, 0.1) is 11.3 Å². The van der Waals surface area contributed by atoms with E-state index in [-0.39, 0.29) is 0 Å². The van der Waals surface area contributed by atoms with E-state index in [1.807, 2.05) is 30.3 Å². The summed E-state index contributed by atoms with van der Waals surface area (Å²) in [7, 11) is 0. The summed E-state index contributed by atoms with van der Waals surface area (Å²) in [6.45, 7) is 5.02. The lowest BCUT2D eigenvalue weighted by Crippen LogP contribution is -2.30. The van der Waals surface area contributed by atoms with Crippen LogP contribution >= 0.6 is 11.6 Å². The molecule has 0 atom stereocenters. The minimum atomic E-state index is 0.295. The second-order valence-electron chi connectivity index (χ2n) is 4.98. The van der Waals surface area contributed by atoms with Crippen LogP contribution in [-0.4, -0.2) is 6.04 Å². The zero-order valence-corrected chi connectivity index (χ0v) is 12.4. The highest BCUT2D eigenvalue weighted by Crippen LogP contribution is 2.27. The van der Waals surface area contributed by atoms with Crippen molar-refractivity contribution in [3.63, 3.8) is 0 Å². The van der Waals surface area contributed by atoms with E-state index in [0.29, 0.717) is 16.6 Å². The van der Waals surface area contributed by atoms with E-state index >= 15 is 0 Å². The van der Waals surface area contributed by atoms with Crippen LogP contribution < -0.4 is 4.90 Å². The molecule has 0 aliphatic heterocycles. The number of hydrogen-bond donors (Lipinski definition) is 0. The summed E-state index contributed by atoms with van der Waals surface area (Å²) in [5, 5.41) is 9.90. The highest BCUT2D eigenvalue weighted by Gasteiger charge is 2.15. The third-order valence-electron chi connectivity index (χ3n) is 3.21. The molecule has 2 nitrogen and oxygen atoms in total. The number of anilines is 1. The van der Waals surface area contributed by atoms with Gasteiger partial charge in [0.15, 0.2) is 0 Å². The summed E-state index contributed by atoms with van der Waals surface area (Å²) in [6, 6.07) is 18.3. The van der Waals surface area contributed by atoms with Crippen LogP contribution in [0.4, 0.5) is 5.69 Å². The fraction of sp³-hybridized carbons (Fsp3) is 0.235. The molecule has 0 saturated carbocycles. The van der Waals surface area contributed by atoms with Gasteiger partial charge in [-0.1, -0.05) is 41.9 Å². The molecular weight excluding hydrogens is 268 g/mol. The molecular formula is C17H17ClN2. The van der Waals surface area contributed by atoms with E-state index in [4.69, 9.17) is 11.6 Å². The second kappa shape index (κ2) is 6.45. The van der Waals surface area contributed by atoms with Gasteiger partial charge in [-0.3, -0.25) is 0 Å². The Labute approximate surface area is 125 Å². The number of nitriles is 1. The number of halogens is 1. The molecule has 0 saturated heterocycles. The topological polar surface area (TPSA) is 27.0 Å². The van der Waals surface area contributed by atoms with Crippen molar-refractivity contribution in [2.24, 2.45) is 0 Å². The van der Waals surface area contributed by atoms with Crippen molar-refractivity contribution in [1.29, 1.82) is 5.26 Å². The average molecular weight is 285 g/mol. The number of rotatable bonds is 4. The molecule has 0 aromatic heterocycles. The van der Waals surface area contributed by atoms with Crippen molar-refractivity contribution in [2.75, 3.05) is 4.90 Å². The van der Waals surface area contributed by atoms with Crippen LogP contribution in [0.5, 0.6) is 0 Å². The monoisotopic (exact) mass is 284 g/mol. The van der Waals surface area contributed by atoms with Crippen LogP contribution in [0.2, 0.25) is 5.02 Å². The maximum Gasteiger partial charge on any atom is 0.101 e. The van der Waals surface area contributed by atoms with Crippen molar-refractivity contribution in [3.05, 3.63) is 64.7 Å². The van der Waals surface area contributed by atoms with Crippen molar-refractivity contribution < 1.29 is 0 Å². The predicted molar refractivity (Wildman–Crippen MR) is 83.9 cm³/mol. The molecule has 2 aromatic rings. The molecule has 0 fully saturated rings. The van der Waals surface area contributed by atoms with Gasteiger partial charge in [0, 0.05) is 17.6 Å². The van der Waals surface area contributed by atoms with Gasteiger partial charge < -0.3 is 4.90 Å². The maximum atomic E-state index is 9.30. The Morgan fingerprint density at radius 3 is 2.45 bits per heavy atom. The van der Waals surface area contributed by atoms with Crippen molar-refractivity contribution in [3.8, 4) is 6.07 Å². The summed E-state index contributed by atoms with van der Waals surface area (Å²) < 4.78 is 0. The lowest BCUT2D eigenvalue weighted by molar-refractivity contribution is 0.682. The largest absolute Gasteiger partial charge is 0.364 e. The van der Waals surface area contributed by atoms with Crippen LogP contribution in [0.3, 0.4) is 0 Å². The molecule has 0 N–H and O–H groups in total. The molecule has 3 heteroatoms. The van der Waals surface area contributed by atoms with Crippen molar-refractivity contribution in [1.82, 2.24) is 0 Å². The van der Waals surface area contributed by atoms with E-state index in [9.17, 15) is 5.26 Å². The van der Waals surface area contributed by atoms with Gasteiger partial charge in [-0.2, -0.15) is 5.26 Å². The molecule has 0 amide bonds. The molecule has 102 valence electrons. The fourth-order valence-electron chi connectivity index (χ4n) is 2.17. The minimum Gasteiger partial charge on any atom is -0.364 e. The summed E-state index contributed by atoms with van der Waals surface area (Å²) in [4.78, 5) is 2.21. The Kier molecular flexibility index (Phi) is 4.65. The van der Waals surface area contributed by atoms with Gasteiger partial charge in [0.1, 0.15) is 6.07 Å². The van der Waals surface area contributed by atoms with Crippen LogP contribution in [0.15, 0.2) is 48.5 Å². The van der Waals surface area contributed by atoms with Crippen LogP contribution in [-0.2, 0) is 6.54 Å². The molecule has 20 heavy (non-hydrogen) atoms. The lowest BCUT2D eigenvalue weighted by atomic mass is 10.1. The maximum absolute atomic E-state index is 9.30. The van der Waals surface area contributed by atoms with Crippen molar-refractivity contribution in [2.45, 2.75) is 26.4 Å². The molecule has 0 aliphatic rings. The van der Waals surface area contributed by atoms with Crippen LogP contribution in [0.1, 0.15) is 25.0 Å². The summed E-state index contributed by atoms with van der Waals surface area (Å²) in [5.41, 5.74) is 2.76. The van der Waals surface area contributed by atoms with Gasteiger partial charge >= 0.3 is 0 Å². The van der Waals surface area contributed by atoms with Gasteiger partial charge in [0.05, 0.1) is 11.3 Å². The Balaban J connectivity index is 2.37. The third kappa shape index (κ3) is 3.31. The first-order valence-electron chi connectivity index (χ1n) is 6.62. The normalized spacial score (nSPS) is 10.3. The van der Waals surface area contributed by atoms with Crippen LogP contribution in [0.25, 0.3) is 0 Å². The molecule has 0 heterocycles. The van der Waals surface area contributed by atoms with Gasteiger partial charge in [-0.05, 0) is 37.6 Å². The molecule has 0 aliphatic carbocycles. The SMILES string of the molecule is CC(C)N(Cc1ccccc1)c1ccc(Cl)cc1C#N. The smallest absolute Gasteiger partial charge is 0.101 e. The average Bonchev–Trinajstić information content (AvgIpc) is 2.46. The number of benzene rings is 2. The van der Waals surface area contributed by atoms with E-state index in [1.54, 1.807) is 6.07 Å². The Bertz CT molecular complexity index is 615. The zero-order valence-electron chi connectivity index (χ0n) is 11.7. The van der Waals surface area contributed by atoms with Crippen molar-refractivity contribution >= 4 is 17.3 Å². The number of nitrogens with zero attached hydrogens (tertiary/aromatic N) is 2. The molecule has 0 unspecified atom stereocenters. The Morgan fingerprint density at radius 1 is 1.15 bits per heavy atom. The fourth-order valence-corrected chi connectivity index (χ4v) is 2.35. The van der Waals surface area contributed by atoms with Gasteiger partial charge in [-0.15, -0.1) is 0 Å². The van der Waals surface area contributed by atoms with Gasteiger partial charge in [-0.25, -0.2) is 0 Å². The standard InChI is InChI=1S/C17H17ClN2/c1-13(2)20(12-14-6-4-3-5-7-14)17-9-8-16(18)10-15(17)11-19/h3-10,13H,12H2,1-2H3. The quantitative estimate of drug-likeness (QED) is 0.819. The molecule has 0 radical (unpaired) electrons.